The van der Waals surface area contributed by atoms with Crippen LogP contribution in [0.15, 0.2) is 79.0 Å². The van der Waals surface area contributed by atoms with Crippen molar-refractivity contribution in [1.29, 1.82) is 0 Å². The molecule has 2 aromatic carbocycles. The van der Waals surface area contributed by atoms with E-state index in [0.29, 0.717) is 22.6 Å². The smallest absolute Gasteiger partial charge is 0.359 e. The number of nitrogens with one attached hydrogen (secondary N) is 1. The molecule has 1 amide bonds. The molecule has 1 atom stereocenters. The third-order valence-electron chi connectivity index (χ3n) is 4.83. The molecule has 156 valence electrons. The number of ether oxygens (including phenoxy) is 2. The highest BCUT2D eigenvalue weighted by molar-refractivity contribution is 5.97. The van der Waals surface area contributed by atoms with Crippen molar-refractivity contribution in [3.8, 4) is 5.75 Å². The molecule has 1 N–H and O–H groups in total. The van der Waals surface area contributed by atoms with Crippen LogP contribution in [0.1, 0.15) is 27.8 Å². The number of pyridine rings is 1. The van der Waals surface area contributed by atoms with Crippen molar-refractivity contribution in [2.45, 2.75) is 13.0 Å². The summed E-state index contributed by atoms with van der Waals surface area (Å²) in [5.41, 5.74) is 2.81. The zero-order valence-corrected chi connectivity index (χ0v) is 17.1. The van der Waals surface area contributed by atoms with Crippen LogP contribution in [0.4, 0.5) is 5.69 Å². The molecule has 2 aromatic heterocycles. The molecule has 0 saturated carbocycles. The van der Waals surface area contributed by atoms with E-state index in [0.717, 1.165) is 5.69 Å². The Labute approximate surface area is 179 Å². The average molecular weight is 415 g/mol. The van der Waals surface area contributed by atoms with Crippen molar-refractivity contribution in [2.75, 3.05) is 12.4 Å². The predicted octanol–water partition coefficient (Wildman–Crippen LogP) is 4.19. The number of nitrogens with zero attached hydrogens (tertiary/aromatic N) is 2. The molecule has 4 rings (SSSR count). The molecule has 0 bridgehead atoms. The van der Waals surface area contributed by atoms with Gasteiger partial charge < -0.3 is 19.2 Å². The number of esters is 1. The zero-order valence-electron chi connectivity index (χ0n) is 17.1. The van der Waals surface area contributed by atoms with Gasteiger partial charge in [-0.05, 0) is 43.3 Å². The van der Waals surface area contributed by atoms with E-state index >= 15 is 0 Å². The SMILES string of the molecule is COc1ccc(NC(=O)[C@H](OC(=O)c2cn3c(C)cccc3n2)c2ccccc2)cc1. The van der Waals surface area contributed by atoms with Gasteiger partial charge in [-0.15, -0.1) is 0 Å². The second-order valence-corrected chi connectivity index (χ2v) is 6.94. The normalized spacial score (nSPS) is 11.7. The van der Waals surface area contributed by atoms with Crippen LogP contribution >= 0.6 is 0 Å². The number of methoxy groups -OCH3 is 1. The Bertz CT molecular complexity index is 1220. The van der Waals surface area contributed by atoms with E-state index < -0.39 is 18.0 Å². The number of anilines is 1. The summed E-state index contributed by atoms with van der Waals surface area (Å²) in [6.07, 6.45) is 0.470. The van der Waals surface area contributed by atoms with Gasteiger partial charge in [0.25, 0.3) is 5.91 Å². The summed E-state index contributed by atoms with van der Waals surface area (Å²) in [6, 6.07) is 21.3. The molecule has 0 fully saturated rings. The number of carbonyl (C=O) groups is 2. The molecule has 0 saturated heterocycles. The molecule has 7 nitrogen and oxygen atoms in total. The van der Waals surface area contributed by atoms with Crippen molar-refractivity contribution >= 4 is 23.2 Å². The fourth-order valence-electron chi connectivity index (χ4n) is 3.20. The zero-order chi connectivity index (χ0) is 21.8. The van der Waals surface area contributed by atoms with Gasteiger partial charge in [0.15, 0.2) is 5.69 Å². The van der Waals surface area contributed by atoms with Gasteiger partial charge in [0.1, 0.15) is 11.4 Å². The highest BCUT2D eigenvalue weighted by atomic mass is 16.5. The van der Waals surface area contributed by atoms with E-state index in [-0.39, 0.29) is 5.69 Å². The van der Waals surface area contributed by atoms with Gasteiger partial charge in [0, 0.05) is 23.1 Å². The molecular weight excluding hydrogens is 394 g/mol. The first-order chi connectivity index (χ1) is 15.0. The Hall–Kier alpha value is -4.13. The number of benzene rings is 2. The van der Waals surface area contributed by atoms with Crippen molar-refractivity contribution < 1.29 is 19.1 Å². The van der Waals surface area contributed by atoms with Crippen molar-refractivity contribution in [3.05, 3.63) is 95.9 Å². The second kappa shape index (κ2) is 8.71. The number of aryl methyl sites for hydroxylation is 1. The van der Waals surface area contributed by atoms with E-state index in [4.69, 9.17) is 9.47 Å². The van der Waals surface area contributed by atoms with E-state index in [1.54, 1.807) is 72.3 Å². The minimum absolute atomic E-state index is 0.132. The lowest BCUT2D eigenvalue weighted by Gasteiger charge is -2.17. The standard InChI is InChI=1S/C24H21N3O4/c1-16-7-6-10-21-26-20(15-27(16)21)24(29)31-22(17-8-4-3-5-9-17)23(28)25-18-11-13-19(30-2)14-12-18/h3-15,22H,1-2H3,(H,25,28)/t22-/m1/s1. The maximum atomic E-state index is 13.0. The minimum atomic E-state index is -1.14. The van der Waals surface area contributed by atoms with Gasteiger partial charge in [0.05, 0.1) is 7.11 Å². The first-order valence-corrected chi connectivity index (χ1v) is 9.71. The number of amides is 1. The van der Waals surface area contributed by atoms with E-state index in [1.165, 1.54) is 0 Å². The van der Waals surface area contributed by atoms with E-state index in [1.807, 2.05) is 25.1 Å². The summed E-state index contributed by atoms with van der Waals surface area (Å²) >= 11 is 0. The second-order valence-electron chi connectivity index (χ2n) is 6.94. The highest BCUT2D eigenvalue weighted by Gasteiger charge is 2.27. The van der Waals surface area contributed by atoms with Crippen molar-refractivity contribution in [2.24, 2.45) is 0 Å². The van der Waals surface area contributed by atoms with Crippen LogP contribution in [0.3, 0.4) is 0 Å². The summed E-state index contributed by atoms with van der Waals surface area (Å²) < 4.78 is 12.6. The number of fused-ring (bicyclic) bond motifs is 1. The molecule has 0 aliphatic rings. The van der Waals surface area contributed by atoms with E-state index in [9.17, 15) is 9.59 Å². The van der Waals surface area contributed by atoms with Crippen LogP contribution in [-0.2, 0) is 9.53 Å². The monoisotopic (exact) mass is 415 g/mol. The van der Waals surface area contributed by atoms with Gasteiger partial charge >= 0.3 is 5.97 Å². The van der Waals surface area contributed by atoms with Gasteiger partial charge in [-0.3, -0.25) is 4.79 Å². The fourth-order valence-corrected chi connectivity index (χ4v) is 3.20. The number of imidazole rings is 1. The van der Waals surface area contributed by atoms with Crippen LogP contribution in [0, 0.1) is 6.92 Å². The lowest BCUT2D eigenvalue weighted by atomic mass is 10.1. The summed E-state index contributed by atoms with van der Waals surface area (Å²) in [4.78, 5) is 30.2. The Morgan fingerprint density at radius 2 is 1.71 bits per heavy atom. The lowest BCUT2D eigenvalue weighted by Crippen LogP contribution is -2.26. The number of rotatable bonds is 6. The Balaban J connectivity index is 1.59. The van der Waals surface area contributed by atoms with Crippen LogP contribution in [-0.4, -0.2) is 28.4 Å². The summed E-state index contributed by atoms with van der Waals surface area (Å²) in [6.45, 7) is 1.92. The molecule has 0 spiro atoms. The highest BCUT2D eigenvalue weighted by Crippen LogP contribution is 2.23. The Morgan fingerprint density at radius 3 is 2.39 bits per heavy atom. The third-order valence-corrected chi connectivity index (χ3v) is 4.83. The minimum Gasteiger partial charge on any atom is -0.497 e. The summed E-state index contributed by atoms with van der Waals surface area (Å²) in [5, 5.41) is 2.79. The lowest BCUT2D eigenvalue weighted by molar-refractivity contribution is -0.125. The summed E-state index contributed by atoms with van der Waals surface area (Å²) in [7, 11) is 1.57. The Kier molecular flexibility index (Phi) is 5.66. The molecule has 0 radical (unpaired) electrons. The van der Waals surface area contributed by atoms with Gasteiger partial charge in [-0.1, -0.05) is 36.4 Å². The van der Waals surface area contributed by atoms with Crippen LogP contribution < -0.4 is 10.1 Å². The van der Waals surface area contributed by atoms with Crippen molar-refractivity contribution in [1.82, 2.24) is 9.38 Å². The average Bonchev–Trinajstić information content (AvgIpc) is 3.24. The number of aromatic nitrogens is 2. The Morgan fingerprint density at radius 1 is 0.968 bits per heavy atom. The fraction of sp³-hybridized carbons (Fsp3) is 0.125. The molecule has 0 aliphatic heterocycles. The van der Waals surface area contributed by atoms with Gasteiger partial charge in [-0.2, -0.15) is 0 Å². The first-order valence-electron chi connectivity index (χ1n) is 9.71. The first kappa shape index (κ1) is 20.2. The van der Waals surface area contributed by atoms with Crippen LogP contribution in [0.2, 0.25) is 0 Å². The third kappa shape index (κ3) is 4.40. The molecule has 7 heteroatoms. The number of hydrogen-bond donors (Lipinski definition) is 1. The van der Waals surface area contributed by atoms with Crippen molar-refractivity contribution in [3.63, 3.8) is 0 Å². The largest absolute Gasteiger partial charge is 0.497 e. The molecular formula is C24H21N3O4. The molecule has 31 heavy (non-hydrogen) atoms. The maximum absolute atomic E-state index is 13.0. The summed E-state index contributed by atoms with van der Waals surface area (Å²) in [5.74, 6) is -0.474. The number of carbonyl (C=O) groups excluding carboxylic acids is 2. The van der Waals surface area contributed by atoms with Crippen LogP contribution in [0.25, 0.3) is 5.65 Å². The topological polar surface area (TPSA) is 81.9 Å². The maximum Gasteiger partial charge on any atom is 0.359 e. The van der Waals surface area contributed by atoms with Gasteiger partial charge in [-0.25, -0.2) is 9.78 Å². The van der Waals surface area contributed by atoms with Gasteiger partial charge in [0.2, 0.25) is 6.10 Å². The van der Waals surface area contributed by atoms with E-state index in [2.05, 4.69) is 10.3 Å². The molecule has 0 aliphatic carbocycles. The number of hydrogen-bond acceptors (Lipinski definition) is 5. The van der Waals surface area contributed by atoms with Crippen LogP contribution in [0.5, 0.6) is 5.75 Å². The molecule has 0 unspecified atom stereocenters. The molecule has 4 aromatic rings. The molecule has 2 heterocycles. The predicted molar refractivity (Wildman–Crippen MR) is 116 cm³/mol. The quantitative estimate of drug-likeness (QED) is 0.478.